The summed E-state index contributed by atoms with van der Waals surface area (Å²) in [4.78, 5) is 16.3. The predicted molar refractivity (Wildman–Crippen MR) is 120 cm³/mol. The molecule has 33 heavy (non-hydrogen) atoms. The van der Waals surface area contributed by atoms with Gasteiger partial charge in [-0.3, -0.25) is 9.78 Å². The number of ether oxygens (including phenoxy) is 1. The molecule has 0 unspecified atom stereocenters. The lowest BCUT2D eigenvalue weighted by Gasteiger charge is -2.09. The summed E-state index contributed by atoms with van der Waals surface area (Å²) in [5.41, 5.74) is 3.53. The number of amides is 1. The first-order valence-corrected chi connectivity index (χ1v) is 10.1. The number of nitrogens with one attached hydrogen (secondary N) is 1. The first kappa shape index (κ1) is 20.3. The van der Waals surface area contributed by atoms with Gasteiger partial charge in [-0.05, 0) is 48.5 Å². The predicted octanol–water partition coefficient (Wildman–Crippen LogP) is 4.01. The van der Waals surface area contributed by atoms with E-state index in [1.807, 2.05) is 42.5 Å². The molecule has 0 bridgehead atoms. The lowest BCUT2D eigenvalue weighted by Crippen LogP contribution is -2.20. The second kappa shape index (κ2) is 8.83. The first-order chi connectivity index (χ1) is 16.2. The van der Waals surface area contributed by atoms with E-state index in [1.54, 1.807) is 29.0 Å². The van der Waals surface area contributed by atoms with Crippen molar-refractivity contribution in [3.63, 3.8) is 0 Å². The van der Waals surface area contributed by atoms with Gasteiger partial charge in [0.2, 0.25) is 0 Å². The summed E-state index contributed by atoms with van der Waals surface area (Å²) in [5, 5.41) is 15.9. The van der Waals surface area contributed by atoms with Crippen molar-refractivity contribution in [1.29, 1.82) is 0 Å². The van der Waals surface area contributed by atoms with Gasteiger partial charge in [0.25, 0.3) is 5.91 Å². The molecule has 0 spiro atoms. The highest BCUT2D eigenvalue weighted by atomic mass is 19.1. The number of anilines is 1. The average molecular weight is 440 g/mol. The van der Waals surface area contributed by atoms with Crippen LogP contribution < -0.4 is 10.1 Å². The Morgan fingerprint density at radius 1 is 0.939 bits per heavy atom. The molecule has 0 aliphatic carbocycles. The topological polar surface area (TPSA) is 94.3 Å². The number of aromatic nitrogens is 5. The summed E-state index contributed by atoms with van der Waals surface area (Å²) in [6.45, 7) is -0.242. The first-order valence-electron chi connectivity index (χ1n) is 10.1. The quantitative estimate of drug-likeness (QED) is 0.429. The molecule has 5 aromatic rings. The van der Waals surface area contributed by atoms with Gasteiger partial charge in [0.05, 0.1) is 5.69 Å². The molecule has 3 heterocycles. The summed E-state index contributed by atoms with van der Waals surface area (Å²) in [5.74, 6) is 0.104. The Morgan fingerprint density at radius 3 is 2.64 bits per heavy atom. The minimum atomic E-state index is -0.426. The molecule has 8 nitrogen and oxygen atoms in total. The monoisotopic (exact) mass is 440 g/mol. The van der Waals surface area contributed by atoms with Gasteiger partial charge < -0.3 is 10.1 Å². The number of nitrogens with zero attached hydrogens (tertiary/aromatic N) is 5. The molecular weight excluding hydrogens is 423 g/mol. The van der Waals surface area contributed by atoms with E-state index in [0.717, 1.165) is 11.1 Å². The van der Waals surface area contributed by atoms with Gasteiger partial charge in [0.1, 0.15) is 11.6 Å². The van der Waals surface area contributed by atoms with Crippen LogP contribution in [0, 0.1) is 5.82 Å². The summed E-state index contributed by atoms with van der Waals surface area (Å²) >= 11 is 0. The Morgan fingerprint density at radius 2 is 1.79 bits per heavy atom. The third-order valence-electron chi connectivity index (χ3n) is 4.81. The van der Waals surface area contributed by atoms with Crippen molar-refractivity contribution >= 4 is 17.2 Å². The third-order valence-corrected chi connectivity index (χ3v) is 4.81. The van der Waals surface area contributed by atoms with Crippen LogP contribution in [0.2, 0.25) is 0 Å². The number of carbonyl (C=O) groups excluding carboxylic acids is 1. The molecule has 0 fully saturated rings. The number of halogens is 1. The number of pyridine rings is 1. The van der Waals surface area contributed by atoms with Crippen LogP contribution in [-0.4, -0.2) is 37.3 Å². The van der Waals surface area contributed by atoms with Gasteiger partial charge in [0.15, 0.2) is 18.1 Å². The van der Waals surface area contributed by atoms with Crippen molar-refractivity contribution in [2.75, 3.05) is 11.9 Å². The molecule has 5 rings (SSSR count). The maximum absolute atomic E-state index is 13.2. The molecule has 0 radical (unpaired) electrons. The molecule has 162 valence electrons. The zero-order valence-corrected chi connectivity index (χ0v) is 17.2. The smallest absolute Gasteiger partial charge is 0.262 e. The summed E-state index contributed by atoms with van der Waals surface area (Å²) < 4.78 is 20.3. The van der Waals surface area contributed by atoms with Crippen molar-refractivity contribution < 1.29 is 13.9 Å². The van der Waals surface area contributed by atoms with Crippen LogP contribution >= 0.6 is 0 Å². The van der Waals surface area contributed by atoms with Gasteiger partial charge in [-0.2, -0.15) is 9.61 Å². The van der Waals surface area contributed by atoms with E-state index in [4.69, 9.17) is 4.74 Å². The Balaban J connectivity index is 1.35. The number of carbonyl (C=O) groups is 1. The van der Waals surface area contributed by atoms with Crippen LogP contribution in [0.1, 0.15) is 0 Å². The minimum Gasteiger partial charge on any atom is -0.484 e. The molecule has 1 amide bonds. The summed E-state index contributed by atoms with van der Waals surface area (Å²) in [7, 11) is 0. The molecule has 0 aliphatic heterocycles. The van der Waals surface area contributed by atoms with Gasteiger partial charge >= 0.3 is 0 Å². The Labute approximate surface area is 187 Å². The van der Waals surface area contributed by atoms with E-state index in [0.29, 0.717) is 22.9 Å². The number of hydrogen-bond acceptors (Lipinski definition) is 6. The van der Waals surface area contributed by atoms with E-state index in [-0.39, 0.29) is 18.3 Å². The molecule has 0 saturated carbocycles. The third kappa shape index (κ3) is 4.52. The van der Waals surface area contributed by atoms with E-state index in [1.165, 1.54) is 18.2 Å². The second-order valence-corrected chi connectivity index (χ2v) is 7.12. The van der Waals surface area contributed by atoms with Gasteiger partial charge in [-0.25, -0.2) is 4.39 Å². The molecule has 0 atom stereocenters. The van der Waals surface area contributed by atoms with Crippen molar-refractivity contribution in [3.05, 3.63) is 91.0 Å². The SMILES string of the molecule is O=C(COc1cccc(F)c1)Nc1cccc(-c2ccc3nnc(-c4ccncc4)n3n2)c1. The van der Waals surface area contributed by atoms with Crippen molar-refractivity contribution in [1.82, 2.24) is 24.8 Å². The van der Waals surface area contributed by atoms with Crippen LogP contribution in [0.5, 0.6) is 5.75 Å². The van der Waals surface area contributed by atoms with Crippen molar-refractivity contribution in [2.24, 2.45) is 0 Å². The molecule has 3 aromatic heterocycles. The molecule has 0 saturated heterocycles. The fourth-order valence-electron chi connectivity index (χ4n) is 3.28. The van der Waals surface area contributed by atoms with E-state index >= 15 is 0 Å². The van der Waals surface area contributed by atoms with Gasteiger partial charge in [-0.1, -0.05) is 18.2 Å². The fourth-order valence-corrected chi connectivity index (χ4v) is 3.28. The van der Waals surface area contributed by atoms with Crippen LogP contribution in [0.15, 0.2) is 85.2 Å². The molecule has 9 heteroatoms. The van der Waals surface area contributed by atoms with Crippen LogP contribution in [-0.2, 0) is 4.79 Å². The lowest BCUT2D eigenvalue weighted by molar-refractivity contribution is -0.118. The zero-order chi connectivity index (χ0) is 22.6. The average Bonchev–Trinajstić information content (AvgIpc) is 3.27. The van der Waals surface area contributed by atoms with Gasteiger partial charge in [0, 0.05) is 35.3 Å². The fraction of sp³-hybridized carbons (Fsp3) is 0.0417. The van der Waals surface area contributed by atoms with Crippen molar-refractivity contribution in [3.8, 4) is 28.4 Å². The van der Waals surface area contributed by atoms with E-state index < -0.39 is 5.82 Å². The molecule has 2 aromatic carbocycles. The standard InChI is InChI=1S/C24H17FN6O2/c25-18-4-2-6-20(14-18)33-15-23(32)27-19-5-1-3-17(13-19)21-7-8-22-28-29-24(31(22)30-21)16-9-11-26-12-10-16/h1-14H,15H2,(H,27,32). The Kier molecular flexibility index (Phi) is 5.42. The largest absolute Gasteiger partial charge is 0.484 e. The minimum absolute atomic E-state index is 0.242. The Bertz CT molecular complexity index is 1440. The Hall–Kier alpha value is -4.66. The number of hydrogen-bond donors (Lipinski definition) is 1. The lowest BCUT2D eigenvalue weighted by atomic mass is 10.1. The second-order valence-electron chi connectivity index (χ2n) is 7.12. The van der Waals surface area contributed by atoms with E-state index in [9.17, 15) is 9.18 Å². The van der Waals surface area contributed by atoms with Crippen LogP contribution in [0.3, 0.4) is 0 Å². The van der Waals surface area contributed by atoms with E-state index in [2.05, 4.69) is 25.6 Å². The zero-order valence-electron chi connectivity index (χ0n) is 17.2. The highest BCUT2D eigenvalue weighted by molar-refractivity contribution is 5.92. The number of benzene rings is 2. The summed E-state index contributed by atoms with van der Waals surface area (Å²) in [6.07, 6.45) is 3.37. The molecular formula is C24H17FN6O2. The van der Waals surface area contributed by atoms with Crippen molar-refractivity contribution in [2.45, 2.75) is 0 Å². The van der Waals surface area contributed by atoms with Gasteiger partial charge in [-0.15, -0.1) is 10.2 Å². The normalized spacial score (nSPS) is 10.8. The highest BCUT2D eigenvalue weighted by Gasteiger charge is 2.11. The highest BCUT2D eigenvalue weighted by Crippen LogP contribution is 2.23. The number of rotatable bonds is 6. The van der Waals surface area contributed by atoms with Crippen LogP contribution in [0.4, 0.5) is 10.1 Å². The maximum atomic E-state index is 13.2. The maximum Gasteiger partial charge on any atom is 0.262 e. The van der Waals surface area contributed by atoms with Crippen LogP contribution in [0.25, 0.3) is 28.3 Å². The summed E-state index contributed by atoms with van der Waals surface area (Å²) in [6, 6.07) is 20.3. The number of fused-ring (bicyclic) bond motifs is 1. The molecule has 1 N–H and O–H groups in total. The molecule has 0 aliphatic rings.